The third-order valence-corrected chi connectivity index (χ3v) is 8.63. The summed E-state index contributed by atoms with van der Waals surface area (Å²) in [6, 6.07) is 12.1. The van der Waals surface area contributed by atoms with Gasteiger partial charge in [-0.1, -0.05) is 43.3 Å². The zero-order chi connectivity index (χ0) is 28.9. The van der Waals surface area contributed by atoms with Gasteiger partial charge in [-0.15, -0.1) is 0 Å². The number of piperidine rings is 1. The number of halogens is 1. The summed E-state index contributed by atoms with van der Waals surface area (Å²) in [5.74, 6) is -1.18. The zero-order valence-corrected chi connectivity index (χ0v) is 23.4. The van der Waals surface area contributed by atoms with Crippen molar-refractivity contribution in [2.75, 3.05) is 26.7 Å². The molecule has 1 aliphatic heterocycles. The molecule has 4 rings (SSSR count). The van der Waals surface area contributed by atoms with Gasteiger partial charge in [0.05, 0.1) is 18.8 Å². The second-order valence-electron chi connectivity index (χ2n) is 11.2. The normalized spacial score (nSPS) is 24.4. The number of hydrogen-bond donors (Lipinski definition) is 4. The van der Waals surface area contributed by atoms with E-state index in [1.54, 1.807) is 17.0 Å². The van der Waals surface area contributed by atoms with Gasteiger partial charge in [0.1, 0.15) is 5.82 Å². The molecule has 218 valence electrons. The summed E-state index contributed by atoms with van der Waals surface area (Å²) in [5.41, 5.74) is 7.10. The van der Waals surface area contributed by atoms with E-state index < -0.39 is 29.7 Å². The number of alkyl carbamates (subject to hydrolysis) is 1. The molecule has 0 radical (unpaired) electrons. The molecule has 0 bridgehead atoms. The third-order valence-electron chi connectivity index (χ3n) is 8.63. The van der Waals surface area contributed by atoms with Crippen LogP contribution in [0.25, 0.3) is 11.1 Å². The first kappa shape index (κ1) is 30.0. The predicted octanol–water partition coefficient (Wildman–Crippen LogP) is 3.72. The summed E-state index contributed by atoms with van der Waals surface area (Å²) in [6.45, 7) is 3.19. The lowest BCUT2D eigenvalue weighted by Crippen LogP contribution is -2.50. The number of aliphatic hydroxyl groups is 2. The van der Waals surface area contributed by atoms with Crippen LogP contribution in [0.5, 0.6) is 0 Å². The molecule has 1 saturated carbocycles. The fourth-order valence-corrected chi connectivity index (χ4v) is 6.38. The van der Waals surface area contributed by atoms with Crippen LogP contribution in [0.3, 0.4) is 0 Å². The average molecular weight is 556 g/mol. The van der Waals surface area contributed by atoms with Gasteiger partial charge in [0, 0.05) is 43.1 Å². The molecular weight excluding hydrogens is 513 g/mol. The van der Waals surface area contributed by atoms with E-state index in [-0.39, 0.29) is 30.7 Å². The minimum atomic E-state index is -1.47. The fourth-order valence-electron chi connectivity index (χ4n) is 6.38. The highest BCUT2D eigenvalue weighted by Gasteiger charge is 2.45. The van der Waals surface area contributed by atoms with Crippen LogP contribution in [-0.2, 0) is 21.6 Å². The Morgan fingerprint density at radius 2 is 2.00 bits per heavy atom. The first-order chi connectivity index (χ1) is 19.2. The molecule has 5 atom stereocenters. The van der Waals surface area contributed by atoms with Crippen molar-refractivity contribution in [2.45, 2.75) is 69.6 Å². The smallest absolute Gasteiger partial charge is 0.406 e. The predicted molar refractivity (Wildman–Crippen MR) is 151 cm³/mol. The molecule has 2 aliphatic rings. The number of ether oxygens (including phenoxy) is 1. The molecule has 1 heterocycles. The van der Waals surface area contributed by atoms with E-state index >= 15 is 4.39 Å². The lowest BCUT2D eigenvalue weighted by Gasteiger charge is -2.44. The van der Waals surface area contributed by atoms with Gasteiger partial charge in [-0.3, -0.25) is 4.79 Å². The van der Waals surface area contributed by atoms with E-state index in [1.165, 1.54) is 13.2 Å². The van der Waals surface area contributed by atoms with Gasteiger partial charge in [0.2, 0.25) is 5.91 Å². The minimum absolute atomic E-state index is 0.0541. The number of amides is 2. The van der Waals surface area contributed by atoms with Crippen molar-refractivity contribution in [1.82, 2.24) is 10.2 Å². The molecule has 2 fully saturated rings. The Kier molecular flexibility index (Phi) is 9.81. The molecule has 0 spiro atoms. The second kappa shape index (κ2) is 13.1. The van der Waals surface area contributed by atoms with Gasteiger partial charge in [0.25, 0.3) is 0 Å². The Labute approximate surface area is 235 Å². The number of methoxy groups -OCH3 is 1. The number of aliphatic hydroxyl groups excluding tert-OH is 1. The summed E-state index contributed by atoms with van der Waals surface area (Å²) in [5, 5.41) is 25.3. The molecule has 2 amide bonds. The monoisotopic (exact) mass is 555 g/mol. The number of rotatable bonds is 9. The van der Waals surface area contributed by atoms with Gasteiger partial charge in [-0.2, -0.15) is 0 Å². The van der Waals surface area contributed by atoms with Crippen molar-refractivity contribution in [3.8, 4) is 11.1 Å². The molecule has 8 nitrogen and oxygen atoms in total. The largest absolute Gasteiger partial charge is 0.453 e. The number of nitrogens with zero attached hydrogens (tertiary/aromatic N) is 1. The maximum Gasteiger partial charge on any atom is 0.406 e. The summed E-state index contributed by atoms with van der Waals surface area (Å²) in [4.78, 5) is 26.8. The van der Waals surface area contributed by atoms with Gasteiger partial charge >= 0.3 is 6.09 Å². The maximum absolute atomic E-state index is 15.6. The molecular formula is C31H42FN3O5. The number of benzene rings is 2. The van der Waals surface area contributed by atoms with Crippen molar-refractivity contribution in [3.63, 3.8) is 0 Å². The minimum Gasteiger partial charge on any atom is -0.453 e. The molecule has 1 saturated heterocycles. The highest BCUT2D eigenvalue weighted by Crippen LogP contribution is 2.44. The molecule has 2 aromatic carbocycles. The van der Waals surface area contributed by atoms with Crippen molar-refractivity contribution in [2.24, 2.45) is 17.6 Å². The Hall–Kier alpha value is -3.01. The van der Waals surface area contributed by atoms with Crippen LogP contribution in [0.15, 0.2) is 42.5 Å². The first-order valence-electron chi connectivity index (χ1n) is 14.3. The quantitative estimate of drug-likeness (QED) is 0.350. The highest BCUT2D eigenvalue weighted by molar-refractivity contribution is 5.79. The van der Waals surface area contributed by atoms with E-state index in [0.29, 0.717) is 61.9 Å². The van der Waals surface area contributed by atoms with Gasteiger partial charge in [-0.05, 0) is 67.7 Å². The number of aryl methyl sites for hydroxylation is 1. The molecule has 5 N–H and O–H groups in total. The van der Waals surface area contributed by atoms with Crippen molar-refractivity contribution in [3.05, 3.63) is 59.4 Å². The van der Waals surface area contributed by atoms with E-state index in [2.05, 4.69) is 10.1 Å². The summed E-state index contributed by atoms with van der Waals surface area (Å²) in [7, 11) is 1.29. The average Bonchev–Trinajstić information content (AvgIpc) is 3.32. The van der Waals surface area contributed by atoms with E-state index in [4.69, 9.17) is 5.73 Å². The van der Waals surface area contributed by atoms with Crippen LogP contribution in [-0.4, -0.2) is 66.0 Å². The Balaban J connectivity index is 1.68. The fraction of sp³-hybridized carbons (Fsp3) is 0.548. The van der Waals surface area contributed by atoms with Crippen molar-refractivity contribution < 1.29 is 28.9 Å². The SMILES string of the molecule is CCc1cccc(-c2c(F)cccc2[C@](O)(CCCNC(=O)OC)[C@@H]2CCCN(C(=O)[C@H]3C[C@@H](N)[C@@H](O)C3)C2)c1. The lowest BCUT2D eigenvalue weighted by molar-refractivity contribution is -0.141. The van der Waals surface area contributed by atoms with Crippen molar-refractivity contribution in [1.29, 1.82) is 0 Å². The van der Waals surface area contributed by atoms with Crippen LogP contribution < -0.4 is 11.1 Å². The Morgan fingerprint density at radius 1 is 1.23 bits per heavy atom. The topological polar surface area (TPSA) is 125 Å². The summed E-state index contributed by atoms with van der Waals surface area (Å²) < 4.78 is 20.3. The van der Waals surface area contributed by atoms with Crippen LogP contribution in [0.2, 0.25) is 0 Å². The molecule has 40 heavy (non-hydrogen) atoms. The van der Waals surface area contributed by atoms with E-state index in [1.807, 2.05) is 31.2 Å². The maximum atomic E-state index is 15.6. The Bertz CT molecular complexity index is 1180. The summed E-state index contributed by atoms with van der Waals surface area (Å²) in [6.07, 6.45) is 2.34. The van der Waals surface area contributed by atoms with Gasteiger partial charge < -0.3 is 30.9 Å². The number of hydrogen-bond acceptors (Lipinski definition) is 6. The number of carbonyl (C=O) groups is 2. The number of nitrogens with two attached hydrogens (primary N) is 1. The number of carbonyl (C=O) groups excluding carboxylic acids is 2. The molecule has 2 aromatic rings. The number of likely N-dealkylation sites (tertiary alicyclic amines) is 1. The zero-order valence-electron chi connectivity index (χ0n) is 23.4. The highest BCUT2D eigenvalue weighted by atomic mass is 19.1. The van der Waals surface area contributed by atoms with E-state index in [9.17, 15) is 19.8 Å². The Morgan fingerprint density at radius 3 is 2.70 bits per heavy atom. The second-order valence-corrected chi connectivity index (χ2v) is 11.2. The molecule has 0 unspecified atom stereocenters. The van der Waals surface area contributed by atoms with Gasteiger partial charge in [0.15, 0.2) is 0 Å². The summed E-state index contributed by atoms with van der Waals surface area (Å²) >= 11 is 0. The van der Waals surface area contributed by atoms with Crippen LogP contribution in [0, 0.1) is 17.7 Å². The molecule has 0 aromatic heterocycles. The lowest BCUT2D eigenvalue weighted by atomic mass is 9.72. The van der Waals surface area contributed by atoms with Gasteiger partial charge in [-0.25, -0.2) is 9.18 Å². The molecule has 1 aliphatic carbocycles. The van der Waals surface area contributed by atoms with E-state index in [0.717, 1.165) is 12.0 Å². The first-order valence-corrected chi connectivity index (χ1v) is 14.3. The van der Waals surface area contributed by atoms with Crippen LogP contribution in [0.4, 0.5) is 9.18 Å². The third kappa shape index (κ3) is 6.48. The molecule has 9 heteroatoms. The van der Waals surface area contributed by atoms with Crippen molar-refractivity contribution >= 4 is 12.0 Å². The van der Waals surface area contributed by atoms with Crippen LogP contribution >= 0.6 is 0 Å². The standard InChI is InChI=1S/C31H42FN3O5/c1-3-20-8-4-9-21(16-20)28-24(11-5-12-25(28)32)31(39,13-7-14-34-30(38)40-2)23-10-6-15-35(19-23)29(37)22-17-26(33)27(36)18-22/h4-5,8-9,11-12,16,22-23,26-27,36,39H,3,6-7,10,13-15,17-19,33H2,1-2H3,(H,34,38)/t22-,23+,26+,27-,31-/m0/s1. The van der Waals surface area contributed by atoms with Crippen LogP contribution in [0.1, 0.15) is 56.6 Å². The number of nitrogens with one attached hydrogen (secondary N) is 1.